The smallest absolute Gasteiger partial charge is 0.303 e. The highest BCUT2D eigenvalue weighted by molar-refractivity contribution is 7.99. The highest BCUT2D eigenvalue weighted by atomic mass is 32.2. The van der Waals surface area contributed by atoms with Crippen molar-refractivity contribution in [2.24, 2.45) is 0 Å². The van der Waals surface area contributed by atoms with E-state index in [9.17, 15) is 9.59 Å². The van der Waals surface area contributed by atoms with Crippen LogP contribution in [-0.2, 0) is 40.0 Å². The van der Waals surface area contributed by atoms with Gasteiger partial charge in [-0.1, -0.05) is 24.3 Å². The molecule has 1 aromatic carbocycles. The number of carbonyl (C=O) groups is 2. The maximum atomic E-state index is 11.2. The van der Waals surface area contributed by atoms with Gasteiger partial charge in [-0.15, -0.1) is 23.5 Å². The average molecular weight is 427 g/mol. The van der Waals surface area contributed by atoms with Crippen LogP contribution in [0.15, 0.2) is 24.3 Å². The van der Waals surface area contributed by atoms with Gasteiger partial charge >= 0.3 is 11.9 Å². The van der Waals surface area contributed by atoms with Crippen LogP contribution in [0.2, 0.25) is 0 Å². The molecule has 2 heterocycles. The third-order valence-electron chi connectivity index (χ3n) is 4.54. The van der Waals surface area contributed by atoms with Gasteiger partial charge in [-0.2, -0.15) is 0 Å². The molecular weight excluding hydrogens is 400 g/mol. The van der Waals surface area contributed by atoms with Crippen LogP contribution in [0.3, 0.4) is 0 Å². The van der Waals surface area contributed by atoms with E-state index in [1.54, 1.807) is 23.5 Å². The lowest BCUT2D eigenvalue weighted by atomic mass is 10.2. The van der Waals surface area contributed by atoms with E-state index in [0.29, 0.717) is 26.4 Å². The molecule has 154 valence electrons. The number of thioether (sulfide) groups is 2. The topological polar surface area (TPSA) is 71.1 Å². The van der Waals surface area contributed by atoms with Crippen molar-refractivity contribution in [3.05, 3.63) is 35.4 Å². The molecule has 8 heteroatoms. The summed E-state index contributed by atoms with van der Waals surface area (Å²) in [6.07, 6.45) is -0.311. The van der Waals surface area contributed by atoms with Gasteiger partial charge in [0.1, 0.15) is 12.2 Å². The zero-order valence-electron chi connectivity index (χ0n) is 16.1. The van der Waals surface area contributed by atoms with E-state index in [0.717, 1.165) is 11.5 Å². The van der Waals surface area contributed by atoms with Gasteiger partial charge in [0.15, 0.2) is 0 Å². The minimum atomic E-state index is -0.258. The fourth-order valence-electron chi connectivity index (χ4n) is 3.13. The fraction of sp³-hybridized carbons (Fsp3) is 0.600. The number of esters is 2. The van der Waals surface area contributed by atoms with Crippen LogP contribution in [0.4, 0.5) is 0 Å². The summed E-state index contributed by atoms with van der Waals surface area (Å²) in [7, 11) is 0. The molecule has 0 bridgehead atoms. The molecule has 0 amide bonds. The molecule has 3 rings (SSSR count). The predicted molar refractivity (Wildman–Crippen MR) is 109 cm³/mol. The van der Waals surface area contributed by atoms with Gasteiger partial charge in [0.05, 0.1) is 36.9 Å². The van der Waals surface area contributed by atoms with E-state index >= 15 is 0 Å². The molecule has 0 saturated carbocycles. The molecular formula is C20H26O6S2. The second-order valence-corrected chi connectivity index (χ2v) is 9.34. The monoisotopic (exact) mass is 426 g/mol. The quantitative estimate of drug-likeness (QED) is 0.588. The fourth-order valence-corrected chi connectivity index (χ4v) is 5.41. The Morgan fingerprint density at radius 1 is 0.821 bits per heavy atom. The van der Waals surface area contributed by atoms with Crippen molar-refractivity contribution in [3.63, 3.8) is 0 Å². The van der Waals surface area contributed by atoms with Gasteiger partial charge in [0.25, 0.3) is 0 Å². The Balaban J connectivity index is 1.43. The van der Waals surface area contributed by atoms with Crippen molar-refractivity contribution in [1.29, 1.82) is 0 Å². The molecule has 2 aliphatic heterocycles. The molecule has 2 aliphatic rings. The Morgan fingerprint density at radius 2 is 1.21 bits per heavy atom. The lowest BCUT2D eigenvalue weighted by molar-refractivity contribution is -0.147. The molecule has 0 aromatic heterocycles. The first-order valence-electron chi connectivity index (χ1n) is 9.32. The predicted octanol–water partition coefficient (Wildman–Crippen LogP) is 2.81. The lowest BCUT2D eigenvalue weighted by Gasteiger charge is -2.17. The molecule has 0 spiro atoms. The Hall–Kier alpha value is -1.22. The molecule has 2 saturated heterocycles. The van der Waals surface area contributed by atoms with Crippen LogP contribution in [0.5, 0.6) is 0 Å². The minimum Gasteiger partial charge on any atom is -0.459 e. The largest absolute Gasteiger partial charge is 0.459 e. The van der Waals surface area contributed by atoms with Crippen LogP contribution in [0.1, 0.15) is 25.0 Å². The van der Waals surface area contributed by atoms with Gasteiger partial charge in [-0.25, -0.2) is 0 Å². The van der Waals surface area contributed by atoms with Crippen LogP contribution < -0.4 is 0 Å². The Labute approximate surface area is 174 Å². The van der Waals surface area contributed by atoms with E-state index in [1.165, 1.54) is 25.0 Å². The summed E-state index contributed by atoms with van der Waals surface area (Å²) in [6.45, 7) is 5.06. The van der Waals surface area contributed by atoms with E-state index in [4.69, 9.17) is 18.9 Å². The Kier molecular flexibility index (Phi) is 8.08. The van der Waals surface area contributed by atoms with E-state index in [1.807, 2.05) is 0 Å². The summed E-state index contributed by atoms with van der Waals surface area (Å²) < 4.78 is 21.5. The summed E-state index contributed by atoms with van der Waals surface area (Å²) >= 11 is 3.52. The highest BCUT2D eigenvalue weighted by Crippen LogP contribution is 2.29. The number of hydrogen-bond donors (Lipinski definition) is 0. The summed E-state index contributed by atoms with van der Waals surface area (Å²) in [6, 6.07) is 8.53. The molecule has 0 unspecified atom stereocenters. The van der Waals surface area contributed by atoms with Gasteiger partial charge in [0, 0.05) is 25.4 Å². The zero-order valence-corrected chi connectivity index (χ0v) is 17.8. The maximum Gasteiger partial charge on any atom is 0.303 e. The molecule has 2 fully saturated rings. The highest BCUT2D eigenvalue weighted by Gasteiger charge is 2.32. The van der Waals surface area contributed by atoms with Gasteiger partial charge in [0.2, 0.25) is 0 Å². The van der Waals surface area contributed by atoms with Crippen molar-refractivity contribution in [2.45, 2.75) is 48.1 Å². The second kappa shape index (κ2) is 10.5. The molecule has 0 radical (unpaired) electrons. The Bertz CT molecular complexity index is 608. The first kappa shape index (κ1) is 21.5. The summed E-state index contributed by atoms with van der Waals surface area (Å²) in [4.78, 5) is 22.3. The van der Waals surface area contributed by atoms with Gasteiger partial charge in [-0.3, -0.25) is 9.59 Å². The molecule has 1 aromatic rings. The third-order valence-corrected chi connectivity index (χ3v) is 7.28. The number of benzene rings is 1. The summed E-state index contributed by atoms with van der Waals surface area (Å²) in [5.74, 6) is 1.19. The molecule has 0 N–H and O–H groups in total. The molecule has 4 atom stereocenters. The Morgan fingerprint density at radius 3 is 1.57 bits per heavy atom. The molecule has 0 aliphatic carbocycles. The number of ether oxygens (including phenoxy) is 4. The second-order valence-electron chi connectivity index (χ2n) is 6.89. The van der Waals surface area contributed by atoms with Crippen molar-refractivity contribution < 1.29 is 28.5 Å². The van der Waals surface area contributed by atoms with Gasteiger partial charge in [-0.05, 0) is 11.1 Å². The zero-order chi connectivity index (χ0) is 19.9. The number of rotatable bonds is 8. The summed E-state index contributed by atoms with van der Waals surface area (Å²) in [5.41, 5.74) is 2.46. The summed E-state index contributed by atoms with van der Waals surface area (Å²) in [5, 5.41) is 0.361. The van der Waals surface area contributed by atoms with Crippen molar-refractivity contribution >= 4 is 35.5 Å². The average Bonchev–Trinajstić information content (AvgIpc) is 3.27. The van der Waals surface area contributed by atoms with Crippen LogP contribution in [-0.4, -0.2) is 61.1 Å². The standard InChI is InChI=1S/C20H26O6S2/c1-13(21)25-17-7-23-9-19(17)27-11-15-3-5-16(6-4-15)12-28-20-10-24-8-18(20)26-14(2)22/h3-6,17-20H,7-12H2,1-2H3/t17-,18-,19-,20-/m1/s1. The van der Waals surface area contributed by atoms with Crippen LogP contribution >= 0.6 is 23.5 Å². The van der Waals surface area contributed by atoms with E-state index in [2.05, 4.69) is 24.3 Å². The minimum absolute atomic E-state index is 0.156. The maximum absolute atomic E-state index is 11.2. The van der Waals surface area contributed by atoms with Crippen LogP contribution in [0.25, 0.3) is 0 Å². The van der Waals surface area contributed by atoms with Crippen molar-refractivity contribution in [3.8, 4) is 0 Å². The molecule has 28 heavy (non-hydrogen) atoms. The first-order valence-corrected chi connectivity index (χ1v) is 11.4. The van der Waals surface area contributed by atoms with Crippen molar-refractivity contribution in [2.75, 3.05) is 26.4 Å². The third kappa shape index (κ3) is 6.40. The number of hydrogen-bond acceptors (Lipinski definition) is 8. The van der Waals surface area contributed by atoms with Gasteiger partial charge < -0.3 is 18.9 Å². The normalized spacial score (nSPS) is 26.9. The SMILES string of the molecule is CC(=O)O[C@@H]1COC[C@H]1SCc1ccc(CS[C@@H]2COC[C@H]2OC(C)=O)cc1. The lowest BCUT2D eigenvalue weighted by Crippen LogP contribution is -2.26. The van der Waals surface area contributed by atoms with E-state index in [-0.39, 0.29) is 34.6 Å². The number of carbonyl (C=O) groups excluding carboxylic acids is 2. The first-order chi connectivity index (χ1) is 13.5. The van der Waals surface area contributed by atoms with Crippen molar-refractivity contribution in [1.82, 2.24) is 0 Å². The van der Waals surface area contributed by atoms with Crippen LogP contribution in [0, 0.1) is 0 Å². The van der Waals surface area contributed by atoms with E-state index < -0.39 is 0 Å². The molecule has 6 nitrogen and oxygen atoms in total.